The number of aromatic nitrogens is 4. The molecule has 0 aromatic carbocycles. The van der Waals surface area contributed by atoms with Gasteiger partial charge in [-0.25, -0.2) is 14.7 Å². The number of nitrogens with one attached hydrogen (secondary N) is 1. The van der Waals surface area contributed by atoms with Crippen molar-refractivity contribution in [3.05, 3.63) is 52.3 Å². The van der Waals surface area contributed by atoms with Gasteiger partial charge < -0.3 is 14.4 Å². The highest BCUT2D eigenvalue weighted by Crippen LogP contribution is 2.22. The van der Waals surface area contributed by atoms with Crippen molar-refractivity contribution in [1.29, 1.82) is 0 Å². The first kappa shape index (κ1) is 14.4. The number of rotatable bonds is 3. The van der Waals surface area contributed by atoms with Crippen LogP contribution < -0.4 is 5.56 Å². The molecule has 9 nitrogen and oxygen atoms in total. The highest BCUT2D eigenvalue weighted by molar-refractivity contribution is 5.96. The van der Waals surface area contributed by atoms with Gasteiger partial charge in [-0.2, -0.15) is 5.10 Å². The number of carboxylic acid groups (broad SMARTS) is 1. The lowest BCUT2D eigenvalue weighted by Gasteiger charge is -2.11. The van der Waals surface area contributed by atoms with E-state index in [0.717, 1.165) is 0 Å². The minimum Gasteiger partial charge on any atom is -0.478 e. The van der Waals surface area contributed by atoms with Crippen LogP contribution in [0.1, 0.15) is 20.7 Å². The van der Waals surface area contributed by atoms with Gasteiger partial charge in [0, 0.05) is 18.6 Å². The zero-order chi connectivity index (χ0) is 16.6. The molecule has 3 rings (SSSR count). The number of carbonyl (C=O) groups is 2. The highest BCUT2D eigenvalue weighted by atomic mass is 16.5. The summed E-state index contributed by atoms with van der Waals surface area (Å²) >= 11 is 0. The summed E-state index contributed by atoms with van der Waals surface area (Å²) < 4.78 is 6.11. The third-order valence-electron chi connectivity index (χ3n) is 3.23. The Morgan fingerprint density at radius 3 is 2.78 bits per heavy atom. The number of hydrogen-bond donors (Lipinski definition) is 2. The molecule has 9 heteroatoms. The standard InChI is InChI=1S/C14H10N4O5/c1-23-14(22)10-6-18(5-9-11(10)16-17-12(9)19)8-2-7(13(20)21)3-15-4-8/h2-6H,1H3,(H,17,19)(H,20,21). The minimum absolute atomic E-state index is 0.0238. The van der Waals surface area contributed by atoms with Crippen molar-refractivity contribution >= 4 is 11.9 Å². The molecule has 0 amide bonds. The molecule has 23 heavy (non-hydrogen) atoms. The monoisotopic (exact) mass is 314 g/mol. The van der Waals surface area contributed by atoms with Crippen molar-refractivity contribution < 1.29 is 19.4 Å². The van der Waals surface area contributed by atoms with E-state index in [9.17, 15) is 14.4 Å². The summed E-state index contributed by atoms with van der Waals surface area (Å²) in [6.07, 6.45) is 5.44. The Morgan fingerprint density at radius 1 is 1.30 bits per heavy atom. The average Bonchev–Trinajstić information content (AvgIpc) is 2.94. The van der Waals surface area contributed by atoms with Crippen LogP contribution in [-0.2, 0) is 4.74 Å². The van der Waals surface area contributed by atoms with Gasteiger partial charge in [0.25, 0.3) is 5.56 Å². The number of aromatic amines is 1. The lowest BCUT2D eigenvalue weighted by atomic mass is 10.1. The SMILES string of the molecule is COC(=O)c1cn(-c2cncc(C(=O)O)c2)cc2c(=O)[nH]nc1-2. The number of H-pyrrole nitrogens is 1. The third-order valence-corrected chi connectivity index (χ3v) is 3.23. The number of methoxy groups -OCH3 is 1. The largest absolute Gasteiger partial charge is 0.478 e. The number of pyridine rings is 2. The van der Waals surface area contributed by atoms with Gasteiger partial charge in [-0.3, -0.25) is 9.78 Å². The molecule has 0 atom stereocenters. The van der Waals surface area contributed by atoms with Crippen LogP contribution >= 0.6 is 0 Å². The second-order valence-electron chi connectivity index (χ2n) is 4.62. The van der Waals surface area contributed by atoms with E-state index in [2.05, 4.69) is 19.9 Å². The first-order valence-electron chi connectivity index (χ1n) is 6.38. The van der Waals surface area contributed by atoms with Gasteiger partial charge in [-0.05, 0) is 6.07 Å². The molecule has 0 saturated carbocycles. The lowest BCUT2D eigenvalue weighted by Crippen LogP contribution is -2.11. The summed E-state index contributed by atoms with van der Waals surface area (Å²) in [5, 5.41) is 15.1. The maximum atomic E-state index is 11.9. The van der Waals surface area contributed by atoms with Crippen LogP contribution in [0.3, 0.4) is 0 Å². The molecular weight excluding hydrogens is 304 g/mol. The Balaban J connectivity index is 2.25. The summed E-state index contributed by atoms with van der Waals surface area (Å²) in [5.41, 5.74) is 0.307. The topological polar surface area (TPSA) is 127 Å². The van der Waals surface area contributed by atoms with Crippen molar-refractivity contribution in [3.8, 4) is 16.9 Å². The average molecular weight is 314 g/mol. The summed E-state index contributed by atoms with van der Waals surface area (Å²) in [5.74, 6) is -1.81. The van der Waals surface area contributed by atoms with Crippen LogP contribution in [0.2, 0.25) is 0 Å². The van der Waals surface area contributed by atoms with Crippen LogP contribution in [-0.4, -0.2) is 43.9 Å². The van der Waals surface area contributed by atoms with Crippen molar-refractivity contribution in [1.82, 2.24) is 19.7 Å². The van der Waals surface area contributed by atoms with E-state index < -0.39 is 17.5 Å². The fourth-order valence-electron chi connectivity index (χ4n) is 2.13. The molecule has 1 aromatic heterocycles. The third kappa shape index (κ3) is 2.44. The molecule has 0 saturated heterocycles. The smallest absolute Gasteiger partial charge is 0.341 e. The summed E-state index contributed by atoms with van der Waals surface area (Å²) in [4.78, 5) is 38.6. The Hall–Kier alpha value is -3.49. The maximum Gasteiger partial charge on any atom is 0.341 e. The number of carbonyl (C=O) groups excluding carboxylic acids is 1. The predicted molar refractivity (Wildman–Crippen MR) is 76.9 cm³/mol. The molecule has 0 unspecified atom stereocenters. The van der Waals surface area contributed by atoms with Crippen LogP contribution in [0.15, 0.2) is 35.6 Å². The number of carboxylic acids is 1. The van der Waals surface area contributed by atoms with Gasteiger partial charge in [0.05, 0.1) is 30.1 Å². The molecule has 0 aliphatic carbocycles. The maximum absolute atomic E-state index is 11.9. The van der Waals surface area contributed by atoms with E-state index in [1.165, 1.54) is 42.5 Å². The minimum atomic E-state index is -1.14. The number of ether oxygens (including phenoxy) is 1. The zero-order valence-corrected chi connectivity index (χ0v) is 11.8. The Labute approximate surface area is 128 Å². The first-order chi connectivity index (χ1) is 11.0. The van der Waals surface area contributed by atoms with Crippen LogP contribution in [0.5, 0.6) is 0 Å². The number of fused-ring (bicyclic) bond motifs is 1. The van der Waals surface area contributed by atoms with E-state index in [1.807, 2.05) is 0 Å². The molecular formula is C14H10N4O5. The fraction of sp³-hybridized carbons (Fsp3) is 0.0714. The molecule has 0 bridgehead atoms. The lowest BCUT2D eigenvalue weighted by molar-refractivity contribution is 0.0599. The predicted octanol–water partition coefficient (Wildman–Crippen LogP) is 0.545. The molecule has 116 valence electrons. The molecule has 0 fully saturated rings. The molecule has 0 radical (unpaired) electrons. The van der Waals surface area contributed by atoms with Gasteiger partial charge >= 0.3 is 11.9 Å². The molecule has 3 heterocycles. The van der Waals surface area contributed by atoms with Crippen LogP contribution in [0.25, 0.3) is 16.9 Å². The quantitative estimate of drug-likeness (QED) is 0.675. The van der Waals surface area contributed by atoms with E-state index in [0.29, 0.717) is 5.69 Å². The highest BCUT2D eigenvalue weighted by Gasteiger charge is 2.22. The second-order valence-corrected chi connectivity index (χ2v) is 4.62. The van der Waals surface area contributed by atoms with Crippen molar-refractivity contribution in [3.63, 3.8) is 0 Å². The van der Waals surface area contributed by atoms with E-state index in [1.54, 1.807) is 0 Å². The van der Waals surface area contributed by atoms with Gasteiger partial charge in [-0.1, -0.05) is 0 Å². The van der Waals surface area contributed by atoms with Gasteiger partial charge in [0.1, 0.15) is 11.3 Å². The Kier molecular flexibility index (Phi) is 3.37. The van der Waals surface area contributed by atoms with Crippen molar-refractivity contribution in [2.75, 3.05) is 7.11 Å². The second kappa shape index (κ2) is 5.37. The molecule has 2 N–H and O–H groups in total. The first-order valence-corrected chi connectivity index (χ1v) is 6.38. The molecule has 0 spiro atoms. The fourth-order valence-corrected chi connectivity index (χ4v) is 2.13. The summed E-state index contributed by atoms with van der Waals surface area (Å²) in [7, 11) is 1.21. The number of aromatic carboxylic acids is 1. The van der Waals surface area contributed by atoms with Gasteiger partial charge in [0.15, 0.2) is 0 Å². The Bertz CT molecular complexity index is 942. The normalized spacial score (nSPS) is 10.7. The van der Waals surface area contributed by atoms with E-state index in [4.69, 9.17) is 5.11 Å². The van der Waals surface area contributed by atoms with E-state index >= 15 is 0 Å². The van der Waals surface area contributed by atoms with Crippen LogP contribution in [0, 0.1) is 0 Å². The van der Waals surface area contributed by atoms with Gasteiger partial charge in [0.2, 0.25) is 0 Å². The molecule has 2 aliphatic rings. The number of nitrogens with zero attached hydrogens (tertiary/aromatic N) is 3. The van der Waals surface area contributed by atoms with Crippen molar-refractivity contribution in [2.45, 2.75) is 0 Å². The zero-order valence-electron chi connectivity index (χ0n) is 11.8. The number of esters is 1. The summed E-state index contributed by atoms with van der Waals surface area (Å²) in [6.45, 7) is 0. The van der Waals surface area contributed by atoms with Crippen LogP contribution in [0.4, 0.5) is 0 Å². The molecule has 1 aromatic rings. The van der Waals surface area contributed by atoms with Crippen molar-refractivity contribution in [2.24, 2.45) is 0 Å². The number of hydrogen-bond acceptors (Lipinski definition) is 6. The summed E-state index contributed by atoms with van der Waals surface area (Å²) in [6, 6.07) is 1.37. The Morgan fingerprint density at radius 2 is 2.09 bits per heavy atom. The van der Waals surface area contributed by atoms with Gasteiger partial charge in [-0.15, -0.1) is 0 Å². The molecule has 2 aliphatic heterocycles. The van der Waals surface area contributed by atoms with E-state index in [-0.39, 0.29) is 22.4 Å².